The lowest BCUT2D eigenvalue weighted by molar-refractivity contribution is 0.0924. The fourth-order valence-corrected chi connectivity index (χ4v) is 3.23. The molecule has 124 valence electrons. The molecule has 0 aliphatic carbocycles. The van der Waals surface area contributed by atoms with Crippen LogP contribution in [0.1, 0.15) is 41.5 Å². The van der Waals surface area contributed by atoms with Crippen molar-refractivity contribution in [2.24, 2.45) is 0 Å². The van der Waals surface area contributed by atoms with E-state index >= 15 is 0 Å². The number of aromatic nitrogens is 3. The number of benzene rings is 1. The van der Waals surface area contributed by atoms with Crippen LogP contribution in [0.3, 0.4) is 0 Å². The van der Waals surface area contributed by atoms with E-state index in [1.54, 1.807) is 24.3 Å². The van der Waals surface area contributed by atoms with Crippen LogP contribution in [0, 0.1) is 0 Å². The Bertz CT molecular complexity index is 899. The number of hydrogen-bond donors (Lipinski definition) is 1. The van der Waals surface area contributed by atoms with E-state index in [1.807, 2.05) is 0 Å². The standard InChI is InChI=1S/C17H17ClN4O2/c18-12-5-6-13-11(8-12)9-14(24-13)17(23)19-10-16-21-20-15-4-2-1-3-7-22(15)16/h5-6,8-9H,1-4,7,10H2,(H,19,23). The monoisotopic (exact) mass is 344 g/mol. The SMILES string of the molecule is O=C(NCc1nnc2n1CCCCC2)c1cc2cc(Cl)ccc2o1. The van der Waals surface area contributed by atoms with E-state index in [9.17, 15) is 4.79 Å². The van der Waals surface area contributed by atoms with E-state index in [0.29, 0.717) is 17.2 Å². The fraction of sp³-hybridized carbons (Fsp3) is 0.353. The van der Waals surface area contributed by atoms with Gasteiger partial charge in [0.15, 0.2) is 11.6 Å². The van der Waals surface area contributed by atoms with E-state index in [2.05, 4.69) is 20.1 Å². The Morgan fingerprint density at radius 2 is 2.17 bits per heavy atom. The lowest BCUT2D eigenvalue weighted by Gasteiger charge is -2.07. The smallest absolute Gasteiger partial charge is 0.287 e. The van der Waals surface area contributed by atoms with Crippen molar-refractivity contribution in [3.8, 4) is 0 Å². The Balaban J connectivity index is 1.49. The zero-order valence-corrected chi connectivity index (χ0v) is 13.8. The minimum atomic E-state index is -0.270. The van der Waals surface area contributed by atoms with Crippen LogP contribution in [0.4, 0.5) is 0 Å². The van der Waals surface area contributed by atoms with Crippen molar-refractivity contribution >= 4 is 28.5 Å². The van der Waals surface area contributed by atoms with Crippen LogP contribution >= 0.6 is 11.6 Å². The summed E-state index contributed by atoms with van der Waals surface area (Å²) in [6.45, 7) is 1.25. The lowest BCUT2D eigenvalue weighted by atomic mass is 10.2. The highest BCUT2D eigenvalue weighted by Gasteiger charge is 2.17. The van der Waals surface area contributed by atoms with Gasteiger partial charge in [-0.15, -0.1) is 10.2 Å². The largest absolute Gasteiger partial charge is 0.451 e. The molecule has 0 saturated heterocycles. The number of furan rings is 1. The predicted octanol–water partition coefficient (Wildman–Crippen LogP) is 3.33. The molecule has 1 aromatic carbocycles. The summed E-state index contributed by atoms with van der Waals surface area (Å²) in [5.74, 6) is 1.80. The number of aryl methyl sites for hydroxylation is 1. The van der Waals surface area contributed by atoms with Gasteiger partial charge in [-0.05, 0) is 37.1 Å². The summed E-state index contributed by atoms with van der Waals surface area (Å²) in [6, 6.07) is 6.96. The number of fused-ring (bicyclic) bond motifs is 2. The molecule has 4 rings (SSSR count). The first-order chi connectivity index (χ1) is 11.7. The van der Waals surface area contributed by atoms with E-state index in [4.69, 9.17) is 16.0 Å². The number of halogens is 1. The van der Waals surface area contributed by atoms with E-state index < -0.39 is 0 Å². The van der Waals surface area contributed by atoms with E-state index in [1.165, 1.54) is 6.42 Å². The van der Waals surface area contributed by atoms with Crippen LogP contribution in [-0.4, -0.2) is 20.7 Å². The van der Waals surface area contributed by atoms with Crippen LogP contribution < -0.4 is 5.32 Å². The molecule has 1 aliphatic rings. The predicted molar refractivity (Wildman–Crippen MR) is 90.0 cm³/mol. The van der Waals surface area contributed by atoms with Gasteiger partial charge in [-0.2, -0.15) is 0 Å². The Labute approximate surface area is 143 Å². The lowest BCUT2D eigenvalue weighted by Crippen LogP contribution is -2.24. The molecule has 0 unspecified atom stereocenters. The van der Waals surface area contributed by atoms with Crippen LogP contribution in [0.5, 0.6) is 0 Å². The molecule has 0 radical (unpaired) electrons. The second-order valence-corrected chi connectivity index (χ2v) is 6.41. The minimum Gasteiger partial charge on any atom is -0.451 e. The first-order valence-corrected chi connectivity index (χ1v) is 8.47. The molecule has 2 aromatic heterocycles. The Morgan fingerprint density at radius 1 is 1.25 bits per heavy atom. The third-order valence-corrected chi connectivity index (χ3v) is 4.53. The highest BCUT2D eigenvalue weighted by molar-refractivity contribution is 6.31. The van der Waals surface area contributed by atoms with Gasteiger partial charge in [-0.3, -0.25) is 4.79 Å². The fourth-order valence-electron chi connectivity index (χ4n) is 3.05. The summed E-state index contributed by atoms with van der Waals surface area (Å²) < 4.78 is 7.69. The molecular weight excluding hydrogens is 328 g/mol. The van der Waals surface area contributed by atoms with Gasteiger partial charge in [-0.1, -0.05) is 18.0 Å². The van der Waals surface area contributed by atoms with Crippen molar-refractivity contribution in [2.45, 2.75) is 38.8 Å². The van der Waals surface area contributed by atoms with Gasteiger partial charge >= 0.3 is 0 Å². The van der Waals surface area contributed by atoms with Crippen molar-refractivity contribution in [1.29, 1.82) is 0 Å². The second-order valence-electron chi connectivity index (χ2n) is 5.97. The Morgan fingerprint density at radius 3 is 3.08 bits per heavy atom. The van der Waals surface area contributed by atoms with E-state index in [-0.39, 0.29) is 11.7 Å². The summed E-state index contributed by atoms with van der Waals surface area (Å²) >= 11 is 5.96. The van der Waals surface area contributed by atoms with Crippen LogP contribution in [0.25, 0.3) is 11.0 Å². The van der Waals surface area contributed by atoms with E-state index in [0.717, 1.165) is 42.8 Å². The highest BCUT2D eigenvalue weighted by atomic mass is 35.5. The zero-order chi connectivity index (χ0) is 16.5. The molecular formula is C17H17ClN4O2. The van der Waals surface area contributed by atoms with Gasteiger partial charge < -0.3 is 14.3 Å². The molecule has 1 aliphatic heterocycles. The molecule has 0 bridgehead atoms. The molecule has 1 N–H and O–H groups in total. The summed E-state index contributed by atoms with van der Waals surface area (Å²) in [6.07, 6.45) is 4.42. The number of amides is 1. The minimum absolute atomic E-state index is 0.267. The van der Waals surface area contributed by atoms with Crippen LogP contribution in [0.15, 0.2) is 28.7 Å². The molecule has 7 heteroatoms. The first kappa shape index (κ1) is 15.2. The summed E-state index contributed by atoms with van der Waals surface area (Å²) in [4.78, 5) is 12.3. The van der Waals surface area contributed by atoms with Crippen molar-refractivity contribution in [3.63, 3.8) is 0 Å². The number of carbonyl (C=O) groups is 1. The molecule has 0 saturated carbocycles. The zero-order valence-electron chi connectivity index (χ0n) is 13.1. The Hall–Kier alpha value is -2.34. The average Bonchev–Trinajstić information content (AvgIpc) is 3.09. The number of carbonyl (C=O) groups excluding carboxylic acids is 1. The number of nitrogens with one attached hydrogen (secondary N) is 1. The Kier molecular flexibility index (Phi) is 3.98. The average molecular weight is 345 g/mol. The molecule has 1 amide bonds. The molecule has 0 atom stereocenters. The quantitative estimate of drug-likeness (QED) is 0.791. The molecule has 0 spiro atoms. The number of rotatable bonds is 3. The highest BCUT2D eigenvalue weighted by Crippen LogP contribution is 2.23. The normalized spacial score (nSPS) is 14.4. The summed E-state index contributed by atoms with van der Waals surface area (Å²) in [5, 5.41) is 12.7. The first-order valence-electron chi connectivity index (χ1n) is 8.09. The molecule has 3 heterocycles. The third kappa shape index (κ3) is 2.89. The molecule has 3 aromatic rings. The molecule has 0 fully saturated rings. The van der Waals surface area contributed by atoms with Crippen molar-refractivity contribution in [1.82, 2.24) is 20.1 Å². The molecule has 24 heavy (non-hydrogen) atoms. The van der Waals surface area contributed by atoms with Gasteiger partial charge in [0.2, 0.25) is 0 Å². The topological polar surface area (TPSA) is 73.0 Å². The van der Waals surface area contributed by atoms with Crippen LogP contribution in [-0.2, 0) is 19.5 Å². The third-order valence-electron chi connectivity index (χ3n) is 4.30. The summed E-state index contributed by atoms with van der Waals surface area (Å²) in [7, 11) is 0. The maximum Gasteiger partial charge on any atom is 0.287 e. The summed E-state index contributed by atoms with van der Waals surface area (Å²) in [5.41, 5.74) is 0.640. The maximum atomic E-state index is 12.3. The van der Waals surface area contributed by atoms with Gasteiger partial charge in [0.25, 0.3) is 5.91 Å². The number of nitrogens with zero attached hydrogens (tertiary/aromatic N) is 3. The van der Waals surface area contributed by atoms with Crippen molar-refractivity contribution < 1.29 is 9.21 Å². The van der Waals surface area contributed by atoms with Crippen LogP contribution in [0.2, 0.25) is 5.02 Å². The number of hydrogen-bond acceptors (Lipinski definition) is 4. The van der Waals surface area contributed by atoms with Gasteiger partial charge in [0, 0.05) is 23.4 Å². The van der Waals surface area contributed by atoms with Gasteiger partial charge in [0.1, 0.15) is 11.4 Å². The second kappa shape index (κ2) is 6.28. The maximum absolute atomic E-state index is 12.3. The van der Waals surface area contributed by atoms with Gasteiger partial charge in [-0.25, -0.2) is 0 Å². The van der Waals surface area contributed by atoms with Crippen molar-refractivity contribution in [2.75, 3.05) is 0 Å². The van der Waals surface area contributed by atoms with Gasteiger partial charge in [0.05, 0.1) is 6.54 Å². The molecule has 6 nitrogen and oxygen atoms in total. The van der Waals surface area contributed by atoms with Crippen molar-refractivity contribution in [3.05, 3.63) is 46.7 Å².